The van der Waals surface area contributed by atoms with E-state index in [4.69, 9.17) is 26.2 Å². The first-order valence-corrected chi connectivity index (χ1v) is 13.4. The first kappa shape index (κ1) is 24.5. The molecule has 0 aromatic carbocycles. The van der Waals surface area contributed by atoms with Gasteiger partial charge in [0.05, 0.1) is 0 Å². The van der Waals surface area contributed by atoms with Crippen LogP contribution in [-0.4, -0.2) is 53.5 Å². The van der Waals surface area contributed by atoms with E-state index in [-0.39, 0.29) is 37.2 Å². The number of ether oxygens (including phenoxy) is 2. The minimum absolute atomic E-state index is 0.0690. The van der Waals surface area contributed by atoms with Gasteiger partial charge in [-0.1, -0.05) is 31.2 Å². The molecule has 1 rings (SSSR count). The van der Waals surface area contributed by atoms with E-state index in [0.717, 1.165) is 6.04 Å². The van der Waals surface area contributed by atoms with Gasteiger partial charge in [0.1, 0.15) is 17.5 Å². The fraction of sp³-hybridized carbons (Fsp3) is 0.722. The van der Waals surface area contributed by atoms with Crippen LogP contribution in [0.25, 0.3) is 0 Å². The molecule has 0 saturated heterocycles. The molecule has 0 fully saturated rings. The Morgan fingerprint density at radius 3 is 2.50 bits per heavy atom. The average Bonchev–Trinajstić information content (AvgIpc) is 2.85. The molecule has 1 amide bonds. The van der Waals surface area contributed by atoms with Crippen molar-refractivity contribution in [2.24, 2.45) is 0 Å². The summed E-state index contributed by atoms with van der Waals surface area (Å²) in [6.45, 7) is 13.0. The van der Waals surface area contributed by atoms with E-state index in [2.05, 4.69) is 24.6 Å². The number of aliphatic carboxylic acids is 1. The predicted molar refractivity (Wildman–Crippen MR) is 112 cm³/mol. The number of nitrogens with zero attached hydrogens (tertiary/aromatic N) is 3. The Balaban J connectivity index is 2.95. The molecule has 1 aromatic rings. The predicted octanol–water partition coefficient (Wildman–Crippen LogP) is 4.46. The summed E-state index contributed by atoms with van der Waals surface area (Å²) < 4.78 is 12.8. The fourth-order valence-corrected chi connectivity index (χ4v) is 3.16. The van der Waals surface area contributed by atoms with E-state index in [1.807, 2.05) is 0 Å². The standard InChI is InChI=1S/C18H32ClN3O5Si/c1-18(2,3)27-17(25)22(9-7-8-15(23)24)16-20-14(19)12-21(16)13-26-10-11-28(4,5)6/h12H,7-11,13H2,1-6H3,(H,23,24). The van der Waals surface area contributed by atoms with Crippen molar-refractivity contribution in [3.8, 4) is 0 Å². The first-order chi connectivity index (χ1) is 12.8. The second-order valence-corrected chi connectivity index (χ2v) is 14.8. The average molecular weight is 434 g/mol. The number of carbonyl (C=O) groups excluding carboxylic acids is 1. The zero-order valence-corrected chi connectivity index (χ0v) is 19.4. The van der Waals surface area contributed by atoms with E-state index in [1.165, 1.54) is 4.90 Å². The molecule has 1 heterocycles. The van der Waals surface area contributed by atoms with Crippen molar-refractivity contribution in [1.29, 1.82) is 0 Å². The molecule has 28 heavy (non-hydrogen) atoms. The van der Waals surface area contributed by atoms with Crippen molar-refractivity contribution in [2.75, 3.05) is 18.1 Å². The minimum Gasteiger partial charge on any atom is -0.481 e. The van der Waals surface area contributed by atoms with E-state index >= 15 is 0 Å². The number of anilines is 1. The van der Waals surface area contributed by atoms with Gasteiger partial charge >= 0.3 is 12.1 Å². The van der Waals surface area contributed by atoms with E-state index in [9.17, 15) is 9.59 Å². The van der Waals surface area contributed by atoms with Gasteiger partial charge in [0.15, 0.2) is 0 Å². The van der Waals surface area contributed by atoms with Gasteiger partial charge in [0.25, 0.3) is 0 Å². The minimum atomic E-state index is -1.21. The smallest absolute Gasteiger partial charge is 0.417 e. The summed E-state index contributed by atoms with van der Waals surface area (Å²) in [5.41, 5.74) is -0.697. The molecule has 10 heteroatoms. The van der Waals surface area contributed by atoms with Crippen LogP contribution in [-0.2, 0) is 21.0 Å². The second-order valence-electron chi connectivity index (χ2n) is 8.81. The van der Waals surface area contributed by atoms with Crippen molar-refractivity contribution in [3.05, 3.63) is 11.3 Å². The third kappa shape index (κ3) is 9.56. The van der Waals surface area contributed by atoms with Gasteiger partial charge in [-0.05, 0) is 33.2 Å². The Hall–Kier alpha value is -1.58. The molecule has 0 saturated carbocycles. The largest absolute Gasteiger partial charge is 0.481 e. The second kappa shape index (κ2) is 10.3. The highest BCUT2D eigenvalue weighted by molar-refractivity contribution is 6.76. The zero-order valence-electron chi connectivity index (χ0n) is 17.6. The monoisotopic (exact) mass is 433 g/mol. The van der Waals surface area contributed by atoms with Crippen LogP contribution in [0.5, 0.6) is 0 Å². The molecule has 0 atom stereocenters. The number of carbonyl (C=O) groups is 2. The van der Waals surface area contributed by atoms with E-state index in [1.54, 1.807) is 31.5 Å². The number of carboxylic acid groups (broad SMARTS) is 1. The molecular weight excluding hydrogens is 402 g/mol. The van der Waals surface area contributed by atoms with Crippen LogP contribution < -0.4 is 4.90 Å². The Bertz CT molecular complexity index is 667. The van der Waals surface area contributed by atoms with Crippen LogP contribution >= 0.6 is 11.6 Å². The third-order valence-electron chi connectivity index (χ3n) is 3.58. The third-order valence-corrected chi connectivity index (χ3v) is 5.47. The van der Waals surface area contributed by atoms with Crippen molar-refractivity contribution in [2.45, 2.75) is 71.6 Å². The summed E-state index contributed by atoms with van der Waals surface area (Å²) in [4.78, 5) is 29.1. The maximum Gasteiger partial charge on any atom is 0.417 e. The molecule has 0 aliphatic carbocycles. The number of rotatable bonds is 10. The molecular formula is C18H32ClN3O5Si. The number of hydrogen-bond donors (Lipinski definition) is 1. The molecule has 1 aromatic heterocycles. The van der Waals surface area contributed by atoms with Crippen LogP contribution in [0.4, 0.5) is 10.7 Å². The van der Waals surface area contributed by atoms with Gasteiger partial charge < -0.3 is 14.6 Å². The molecule has 8 nitrogen and oxygen atoms in total. The SMILES string of the molecule is CC(C)(C)OC(=O)N(CCCC(=O)O)c1nc(Cl)cn1COCC[Si](C)(C)C. The number of hydrogen-bond acceptors (Lipinski definition) is 5. The first-order valence-electron chi connectivity index (χ1n) is 9.31. The highest BCUT2D eigenvalue weighted by Crippen LogP contribution is 2.22. The summed E-state index contributed by atoms with van der Waals surface area (Å²) in [5.74, 6) is -0.655. The van der Waals surface area contributed by atoms with Crippen LogP contribution in [0, 0.1) is 0 Å². The topological polar surface area (TPSA) is 93.9 Å². The lowest BCUT2D eigenvalue weighted by Crippen LogP contribution is -2.39. The Morgan fingerprint density at radius 2 is 1.96 bits per heavy atom. The zero-order chi connectivity index (χ0) is 21.5. The van der Waals surface area contributed by atoms with Crippen LogP contribution in [0.1, 0.15) is 33.6 Å². The number of imidazole rings is 1. The molecule has 0 spiro atoms. The Labute approximate surface area is 172 Å². The summed E-state index contributed by atoms with van der Waals surface area (Å²) in [6, 6.07) is 1.01. The number of halogens is 1. The molecule has 0 radical (unpaired) electrons. The quantitative estimate of drug-likeness (QED) is 0.432. The van der Waals surface area contributed by atoms with Crippen LogP contribution in [0.3, 0.4) is 0 Å². The molecule has 0 aliphatic rings. The van der Waals surface area contributed by atoms with Crippen LogP contribution in [0.15, 0.2) is 6.20 Å². The summed E-state index contributed by atoms with van der Waals surface area (Å²) in [6.07, 6.45) is 1.17. The maximum atomic E-state index is 12.7. The molecule has 0 bridgehead atoms. The number of aromatic nitrogens is 2. The highest BCUT2D eigenvalue weighted by atomic mass is 35.5. The van der Waals surface area contributed by atoms with Crippen LogP contribution in [0.2, 0.25) is 30.8 Å². The summed E-state index contributed by atoms with van der Waals surface area (Å²) in [5, 5.41) is 9.11. The summed E-state index contributed by atoms with van der Waals surface area (Å²) >= 11 is 6.06. The van der Waals surface area contributed by atoms with Gasteiger partial charge in [0, 0.05) is 33.8 Å². The summed E-state index contributed by atoms with van der Waals surface area (Å²) in [7, 11) is -1.21. The fourth-order valence-electron chi connectivity index (χ4n) is 2.20. The van der Waals surface area contributed by atoms with E-state index in [0.29, 0.717) is 6.61 Å². The van der Waals surface area contributed by atoms with Gasteiger partial charge in [-0.3, -0.25) is 9.36 Å². The van der Waals surface area contributed by atoms with Crippen molar-refractivity contribution >= 4 is 37.7 Å². The Morgan fingerprint density at radius 1 is 1.32 bits per heavy atom. The van der Waals surface area contributed by atoms with Gasteiger partial charge in [-0.15, -0.1) is 0 Å². The van der Waals surface area contributed by atoms with Crippen molar-refractivity contribution < 1.29 is 24.2 Å². The van der Waals surface area contributed by atoms with Gasteiger partial charge in [0.2, 0.25) is 5.95 Å². The molecule has 0 aliphatic heterocycles. The number of amides is 1. The molecule has 160 valence electrons. The lowest BCUT2D eigenvalue weighted by molar-refractivity contribution is -0.137. The number of carboxylic acids is 1. The highest BCUT2D eigenvalue weighted by Gasteiger charge is 2.27. The van der Waals surface area contributed by atoms with Crippen molar-refractivity contribution in [1.82, 2.24) is 9.55 Å². The lowest BCUT2D eigenvalue weighted by Gasteiger charge is -2.27. The van der Waals surface area contributed by atoms with Gasteiger partial charge in [-0.25, -0.2) is 14.7 Å². The lowest BCUT2D eigenvalue weighted by atomic mass is 10.2. The van der Waals surface area contributed by atoms with Gasteiger partial charge in [-0.2, -0.15) is 0 Å². The normalized spacial score (nSPS) is 12.1. The molecule has 0 unspecified atom stereocenters. The van der Waals surface area contributed by atoms with E-state index < -0.39 is 25.7 Å². The Kier molecular flexibility index (Phi) is 8.97. The molecule has 1 N–H and O–H groups in total. The maximum absolute atomic E-state index is 12.7. The van der Waals surface area contributed by atoms with Crippen molar-refractivity contribution in [3.63, 3.8) is 0 Å².